The third-order valence-corrected chi connectivity index (χ3v) is 9.66. The number of nitrogens with zero attached hydrogens (tertiary/aromatic N) is 1. The Kier molecular flexibility index (Phi) is 14.0. The summed E-state index contributed by atoms with van der Waals surface area (Å²) in [5.41, 5.74) is -0.0470. The fourth-order valence-electron chi connectivity index (χ4n) is 5.56. The molecule has 52 heavy (non-hydrogen) atoms. The highest BCUT2D eigenvalue weighted by Gasteiger charge is 2.49. The van der Waals surface area contributed by atoms with Gasteiger partial charge in [0, 0.05) is 18.1 Å². The molecule has 1 saturated heterocycles. The molecule has 0 radical (unpaired) electrons. The van der Waals surface area contributed by atoms with E-state index in [1.54, 1.807) is 19.1 Å². The van der Waals surface area contributed by atoms with Crippen molar-refractivity contribution < 1.29 is 60.1 Å². The molecule has 14 nitrogen and oxygen atoms in total. The third-order valence-electron chi connectivity index (χ3n) is 8.28. The van der Waals surface area contributed by atoms with Crippen molar-refractivity contribution in [3.63, 3.8) is 0 Å². The van der Waals surface area contributed by atoms with Crippen LogP contribution in [0.3, 0.4) is 0 Å². The number of nitrogens with one attached hydrogen (secondary N) is 1. The Morgan fingerprint density at radius 1 is 1.04 bits per heavy atom. The monoisotopic (exact) mass is 771 g/mol. The number of anilines is 1. The van der Waals surface area contributed by atoms with Crippen molar-refractivity contribution in [2.24, 2.45) is 5.14 Å². The van der Waals surface area contributed by atoms with Crippen LogP contribution in [-0.2, 0) is 46.1 Å². The molecule has 2 heterocycles. The number of carbonyl (C=O) groups is 3. The van der Waals surface area contributed by atoms with Crippen molar-refractivity contribution in [3.8, 4) is 0 Å². The highest BCUT2D eigenvalue weighted by molar-refractivity contribution is 7.89. The largest absolute Gasteiger partial charge is 0.467 e. The van der Waals surface area contributed by atoms with Crippen molar-refractivity contribution in [2.75, 3.05) is 25.3 Å². The summed E-state index contributed by atoms with van der Waals surface area (Å²) in [6.45, 7) is 2.46. The number of morpholine rings is 1. The molecule has 0 saturated carbocycles. The Hall–Kier alpha value is -4.29. The Morgan fingerprint density at radius 3 is 2.40 bits per heavy atom. The molecule has 18 heteroatoms. The van der Waals surface area contributed by atoms with Gasteiger partial charge in [0.05, 0.1) is 54.4 Å². The van der Waals surface area contributed by atoms with Crippen LogP contribution in [0.15, 0.2) is 58.0 Å². The molecular weight excluding hydrogens is 732 g/mol. The van der Waals surface area contributed by atoms with Gasteiger partial charge in [0.25, 0.3) is 0 Å². The minimum atomic E-state index is -4.22. The summed E-state index contributed by atoms with van der Waals surface area (Å²) in [4.78, 5) is 38.7. The van der Waals surface area contributed by atoms with Crippen molar-refractivity contribution in [1.29, 1.82) is 0 Å². The van der Waals surface area contributed by atoms with Gasteiger partial charge in [-0.2, -0.15) is 0 Å². The number of furan rings is 1. The number of primary sulfonamides is 1. The highest BCUT2D eigenvalue weighted by atomic mass is 35.5. The van der Waals surface area contributed by atoms with Crippen LogP contribution in [0.5, 0.6) is 0 Å². The lowest BCUT2D eigenvalue weighted by molar-refractivity contribution is -0.280. The van der Waals surface area contributed by atoms with E-state index < -0.39 is 69.2 Å². The highest BCUT2D eigenvalue weighted by Crippen LogP contribution is 2.36. The summed E-state index contributed by atoms with van der Waals surface area (Å²) in [6, 6.07) is 6.52. The minimum absolute atomic E-state index is 0.0497. The number of halogens is 3. The van der Waals surface area contributed by atoms with Crippen molar-refractivity contribution >= 4 is 45.3 Å². The predicted molar refractivity (Wildman–Crippen MR) is 181 cm³/mol. The van der Waals surface area contributed by atoms with Crippen LogP contribution in [0.4, 0.5) is 19.3 Å². The van der Waals surface area contributed by atoms with Gasteiger partial charge < -0.3 is 33.8 Å². The van der Waals surface area contributed by atoms with E-state index in [2.05, 4.69) is 5.32 Å². The summed E-state index contributed by atoms with van der Waals surface area (Å²) in [5.74, 6) is -4.88. The number of benzene rings is 2. The SMILES string of the molecule is C[C@@H]1CO[C@@](O)(c2cc(F)cc(F)c2)[C@H](C)N1C(=O)OCOC(=O)CCCCCCCOC(=O)c1cc(S(N)(=O)=O)c(Cl)cc1NCc1ccco1. The van der Waals surface area contributed by atoms with Crippen molar-refractivity contribution in [1.82, 2.24) is 4.90 Å². The third kappa shape index (κ3) is 10.6. The number of rotatable bonds is 16. The fourth-order valence-corrected chi connectivity index (χ4v) is 6.66. The zero-order valence-corrected chi connectivity index (χ0v) is 30.0. The molecule has 3 atom stereocenters. The molecular formula is C34H40ClF2N3O11S. The van der Waals surface area contributed by atoms with E-state index in [1.165, 1.54) is 19.3 Å². The van der Waals surface area contributed by atoms with Crippen LogP contribution in [0.2, 0.25) is 5.02 Å². The van der Waals surface area contributed by atoms with Crippen LogP contribution < -0.4 is 10.5 Å². The van der Waals surface area contributed by atoms with Crippen LogP contribution in [0.1, 0.15) is 74.1 Å². The van der Waals surface area contributed by atoms with E-state index in [1.807, 2.05) is 0 Å². The number of hydrogen-bond donors (Lipinski definition) is 3. The van der Waals surface area contributed by atoms with Gasteiger partial charge in [-0.3, -0.25) is 9.69 Å². The lowest BCUT2D eigenvalue weighted by Crippen LogP contribution is -2.62. The van der Waals surface area contributed by atoms with E-state index in [9.17, 15) is 36.7 Å². The molecule has 1 aromatic heterocycles. The zero-order valence-electron chi connectivity index (χ0n) is 28.4. The van der Waals surface area contributed by atoms with Gasteiger partial charge in [-0.15, -0.1) is 0 Å². The van der Waals surface area contributed by atoms with E-state index in [4.69, 9.17) is 40.1 Å². The fraction of sp³-hybridized carbons (Fsp3) is 0.441. The van der Waals surface area contributed by atoms with Crippen LogP contribution >= 0.6 is 11.6 Å². The van der Waals surface area contributed by atoms with Gasteiger partial charge in [-0.05, 0) is 63.1 Å². The minimum Gasteiger partial charge on any atom is -0.467 e. The number of nitrogens with two attached hydrogens (primary N) is 1. The smallest absolute Gasteiger partial charge is 0.413 e. The summed E-state index contributed by atoms with van der Waals surface area (Å²) in [7, 11) is -4.22. The Labute approximate surface area is 304 Å². The number of amides is 1. The molecule has 1 aliphatic heterocycles. The van der Waals surface area contributed by atoms with Crippen LogP contribution in [-0.4, -0.2) is 68.5 Å². The van der Waals surface area contributed by atoms with Gasteiger partial charge in [0.15, 0.2) is 0 Å². The molecule has 4 rings (SSSR count). The number of hydrogen-bond acceptors (Lipinski definition) is 12. The molecule has 3 aromatic rings. The number of aliphatic hydroxyl groups is 1. The molecule has 284 valence electrons. The number of unbranched alkanes of at least 4 members (excludes halogenated alkanes) is 4. The average Bonchev–Trinajstić information content (AvgIpc) is 3.59. The second kappa shape index (κ2) is 18.0. The molecule has 4 N–H and O–H groups in total. The van der Waals surface area contributed by atoms with E-state index in [0.29, 0.717) is 43.9 Å². The zero-order chi connectivity index (χ0) is 38.1. The summed E-state index contributed by atoms with van der Waals surface area (Å²) in [6.07, 6.45) is 3.62. The summed E-state index contributed by atoms with van der Waals surface area (Å²) in [5, 5.41) is 19.2. The van der Waals surface area contributed by atoms with Gasteiger partial charge in [-0.25, -0.2) is 31.9 Å². The molecule has 0 unspecified atom stereocenters. The maximum atomic E-state index is 13.8. The molecule has 1 aliphatic rings. The quantitative estimate of drug-likeness (QED) is 0.0933. The first-order chi connectivity index (χ1) is 24.6. The Balaban J connectivity index is 1.14. The first-order valence-electron chi connectivity index (χ1n) is 16.3. The predicted octanol–water partition coefficient (Wildman–Crippen LogP) is 5.56. The molecule has 0 bridgehead atoms. The number of ether oxygens (including phenoxy) is 4. The van der Waals surface area contributed by atoms with Gasteiger partial charge in [0.2, 0.25) is 22.6 Å². The first kappa shape index (κ1) is 40.5. The maximum absolute atomic E-state index is 13.8. The van der Waals surface area contributed by atoms with Gasteiger partial charge in [-0.1, -0.05) is 30.9 Å². The summed E-state index contributed by atoms with van der Waals surface area (Å²) < 4.78 is 77.9. The average molecular weight is 772 g/mol. The summed E-state index contributed by atoms with van der Waals surface area (Å²) >= 11 is 6.11. The van der Waals surface area contributed by atoms with Crippen LogP contribution in [0.25, 0.3) is 0 Å². The van der Waals surface area contributed by atoms with Crippen molar-refractivity contribution in [3.05, 3.63) is 82.3 Å². The lowest BCUT2D eigenvalue weighted by atomic mass is 9.94. The second-order valence-corrected chi connectivity index (χ2v) is 14.0. The van der Waals surface area contributed by atoms with Crippen LogP contribution in [0, 0.1) is 11.6 Å². The normalized spacial score (nSPS) is 18.9. The van der Waals surface area contributed by atoms with E-state index >= 15 is 0 Å². The molecule has 2 aromatic carbocycles. The number of carbonyl (C=O) groups excluding carboxylic acids is 3. The molecule has 0 aliphatic carbocycles. The Morgan fingerprint density at radius 2 is 1.73 bits per heavy atom. The van der Waals surface area contributed by atoms with Crippen molar-refractivity contribution in [2.45, 2.75) is 81.7 Å². The number of sulfonamides is 1. The van der Waals surface area contributed by atoms with Gasteiger partial charge in [0.1, 0.15) is 22.3 Å². The second-order valence-electron chi connectivity index (χ2n) is 12.1. The molecule has 1 fully saturated rings. The molecule has 1 amide bonds. The van der Waals surface area contributed by atoms with Gasteiger partial charge >= 0.3 is 18.0 Å². The Bertz CT molecular complexity index is 1810. The maximum Gasteiger partial charge on any atom is 0.413 e. The molecule has 0 spiro atoms. The first-order valence-corrected chi connectivity index (χ1v) is 18.3. The van der Waals surface area contributed by atoms with E-state index in [-0.39, 0.29) is 48.0 Å². The standard InChI is InChI=1S/C34H40ClF2N3O11S/c1-21-19-51-34(44,23-13-24(36)15-25(37)14-23)22(2)40(21)33(43)50-20-49-31(41)10-6-4-3-5-7-11-48-32(42)27-16-30(52(38,45)46)28(35)17-29(27)39-18-26-9-8-12-47-26/h8-9,12-17,21-22,39,44H,3-7,10-11,18-20H2,1-2H3,(H2,38,45,46)/t21-,22+,34-/m1/s1. The lowest BCUT2D eigenvalue weighted by Gasteiger charge is -2.47. The number of esters is 2. The van der Waals surface area contributed by atoms with E-state index in [0.717, 1.165) is 23.1 Å². The topological polar surface area (TPSA) is 197 Å².